The van der Waals surface area contributed by atoms with Crippen LogP contribution in [0.25, 0.3) is 11.3 Å². The first-order valence-electron chi connectivity index (χ1n) is 5.65. The molecule has 0 aliphatic carbocycles. The SMILES string of the molecule is COCCNc1cc(-c2ccccc2C)[nH]n1. The number of rotatable bonds is 5. The van der Waals surface area contributed by atoms with Gasteiger partial charge in [0, 0.05) is 25.3 Å². The summed E-state index contributed by atoms with van der Waals surface area (Å²) in [6.45, 7) is 3.52. The maximum Gasteiger partial charge on any atom is 0.148 e. The average Bonchev–Trinajstić information content (AvgIpc) is 2.79. The summed E-state index contributed by atoms with van der Waals surface area (Å²) in [4.78, 5) is 0. The molecule has 17 heavy (non-hydrogen) atoms. The van der Waals surface area contributed by atoms with Gasteiger partial charge in [0.25, 0.3) is 0 Å². The van der Waals surface area contributed by atoms with Crippen molar-refractivity contribution >= 4 is 5.82 Å². The standard InChI is InChI=1S/C13H17N3O/c1-10-5-3-4-6-11(10)12-9-13(16-15-12)14-7-8-17-2/h3-6,9H,7-8H2,1-2H3,(H2,14,15,16). The highest BCUT2D eigenvalue weighted by atomic mass is 16.5. The van der Waals surface area contributed by atoms with Crippen LogP contribution in [0.1, 0.15) is 5.56 Å². The van der Waals surface area contributed by atoms with Gasteiger partial charge in [-0.05, 0) is 12.5 Å². The molecule has 0 fully saturated rings. The van der Waals surface area contributed by atoms with Crippen molar-refractivity contribution in [1.82, 2.24) is 10.2 Å². The highest BCUT2D eigenvalue weighted by molar-refractivity contribution is 5.66. The number of anilines is 1. The molecule has 1 heterocycles. The molecule has 0 saturated heterocycles. The van der Waals surface area contributed by atoms with Crippen LogP contribution >= 0.6 is 0 Å². The summed E-state index contributed by atoms with van der Waals surface area (Å²) >= 11 is 0. The fourth-order valence-corrected chi connectivity index (χ4v) is 1.71. The number of hydrogen-bond donors (Lipinski definition) is 2. The van der Waals surface area contributed by atoms with Crippen LogP contribution in [0.2, 0.25) is 0 Å². The summed E-state index contributed by atoms with van der Waals surface area (Å²) in [6.07, 6.45) is 0. The molecule has 1 aromatic heterocycles. The first-order valence-corrected chi connectivity index (χ1v) is 5.65. The molecule has 2 aromatic rings. The molecular weight excluding hydrogens is 214 g/mol. The van der Waals surface area contributed by atoms with E-state index in [-0.39, 0.29) is 0 Å². The van der Waals surface area contributed by atoms with E-state index in [9.17, 15) is 0 Å². The Bertz CT molecular complexity index is 479. The molecule has 0 unspecified atom stereocenters. The minimum atomic E-state index is 0.673. The van der Waals surface area contributed by atoms with Crippen LogP contribution in [0.4, 0.5) is 5.82 Å². The van der Waals surface area contributed by atoms with Gasteiger partial charge in [0.1, 0.15) is 5.82 Å². The fourth-order valence-electron chi connectivity index (χ4n) is 1.71. The third kappa shape index (κ3) is 2.85. The molecule has 2 N–H and O–H groups in total. The van der Waals surface area contributed by atoms with Crippen LogP contribution < -0.4 is 5.32 Å². The molecule has 1 aromatic carbocycles. The molecule has 0 saturated carbocycles. The third-order valence-electron chi connectivity index (χ3n) is 2.63. The molecule has 0 aliphatic rings. The average molecular weight is 231 g/mol. The van der Waals surface area contributed by atoms with Gasteiger partial charge >= 0.3 is 0 Å². The second kappa shape index (κ2) is 5.50. The van der Waals surface area contributed by atoms with Crippen molar-refractivity contribution in [3.8, 4) is 11.3 Å². The number of methoxy groups -OCH3 is 1. The highest BCUT2D eigenvalue weighted by Gasteiger charge is 2.04. The van der Waals surface area contributed by atoms with Gasteiger partial charge < -0.3 is 10.1 Å². The summed E-state index contributed by atoms with van der Waals surface area (Å²) in [5.41, 5.74) is 3.45. The first kappa shape index (κ1) is 11.7. The Kier molecular flexibility index (Phi) is 3.77. The van der Waals surface area contributed by atoms with Gasteiger partial charge in [0.15, 0.2) is 0 Å². The van der Waals surface area contributed by atoms with Crippen LogP contribution in [-0.2, 0) is 4.74 Å². The lowest BCUT2D eigenvalue weighted by Gasteiger charge is -2.01. The van der Waals surface area contributed by atoms with Gasteiger partial charge in [-0.3, -0.25) is 5.10 Å². The number of ether oxygens (including phenoxy) is 1. The topological polar surface area (TPSA) is 49.9 Å². The molecule has 0 bridgehead atoms. The lowest BCUT2D eigenvalue weighted by molar-refractivity contribution is 0.210. The van der Waals surface area contributed by atoms with Gasteiger partial charge in [-0.1, -0.05) is 24.3 Å². The van der Waals surface area contributed by atoms with E-state index in [1.54, 1.807) is 7.11 Å². The van der Waals surface area contributed by atoms with E-state index in [0.29, 0.717) is 6.61 Å². The van der Waals surface area contributed by atoms with Gasteiger partial charge in [-0.15, -0.1) is 0 Å². The van der Waals surface area contributed by atoms with E-state index < -0.39 is 0 Å². The Balaban J connectivity index is 2.10. The van der Waals surface area contributed by atoms with Crippen LogP contribution in [0.3, 0.4) is 0 Å². The number of benzene rings is 1. The summed E-state index contributed by atoms with van der Waals surface area (Å²) in [5, 5.41) is 10.4. The number of nitrogens with zero attached hydrogens (tertiary/aromatic N) is 1. The lowest BCUT2D eigenvalue weighted by Crippen LogP contribution is -2.07. The largest absolute Gasteiger partial charge is 0.383 e. The quantitative estimate of drug-likeness (QED) is 0.777. The van der Waals surface area contributed by atoms with Gasteiger partial charge in [0.2, 0.25) is 0 Å². The molecular formula is C13H17N3O. The van der Waals surface area contributed by atoms with Crippen molar-refractivity contribution in [2.45, 2.75) is 6.92 Å². The zero-order valence-electron chi connectivity index (χ0n) is 10.2. The van der Waals surface area contributed by atoms with E-state index in [1.807, 2.05) is 18.2 Å². The van der Waals surface area contributed by atoms with Crippen molar-refractivity contribution in [1.29, 1.82) is 0 Å². The van der Waals surface area contributed by atoms with Crippen molar-refractivity contribution < 1.29 is 4.74 Å². The normalized spacial score (nSPS) is 10.5. The van der Waals surface area contributed by atoms with E-state index in [0.717, 1.165) is 18.1 Å². The molecule has 4 nitrogen and oxygen atoms in total. The molecule has 90 valence electrons. The van der Waals surface area contributed by atoms with Gasteiger partial charge in [-0.25, -0.2) is 0 Å². The van der Waals surface area contributed by atoms with Crippen molar-refractivity contribution in [2.75, 3.05) is 25.6 Å². The Labute approximate surface area is 101 Å². The van der Waals surface area contributed by atoms with Crippen LogP contribution in [0.15, 0.2) is 30.3 Å². The molecule has 0 amide bonds. The predicted octanol–water partition coefficient (Wildman–Crippen LogP) is 2.44. The molecule has 0 radical (unpaired) electrons. The Hall–Kier alpha value is -1.81. The number of H-pyrrole nitrogens is 1. The Morgan fingerprint density at radius 2 is 2.18 bits per heavy atom. The monoisotopic (exact) mass is 231 g/mol. The van der Waals surface area contributed by atoms with Crippen LogP contribution in [0, 0.1) is 6.92 Å². The van der Waals surface area contributed by atoms with E-state index >= 15 is 0 Å². The smallest absolute Gasteiger partial charge is 0.148 e. The Morgan fingerprint density at radius 3 is 2.94 bits per heavy atom. The van der Waals surface area contributed by atoms with Crippen LogP contribution in [-0.4, -0.2) is 30.5 Å². The number of aromatic amines is 1. The summed E-state index contributed by atoms with van der Waals surface area (Å²) in [6, 6.07) is 10.3. The van der Waals surface area contributed by atoms with Crippen molar-refractivity contribution in [2.24, 2.45) is 0 Å². The van der Waals surface area contributed by atoms with Crippen LogP contribution in [0.5, 0.6) is 0 Å². The second-order valence-corrected chi connectivity index (χ2v) is 3.90. The fraction of sp³-hybridized carbons (Fsp3) is 0.308. The van der Waals surface area contributed by atoms with Gasteiger partial charge in [0.05, 0.1) is 12.3 Å². The summed E-state index contributed by atoms with van der Waals surface area (Å²) in [7, 11) is 1.69. The lowest BCUT2D eigenvalue weighted by atomic mass is 10.1. The van der Waals surface area contributed by atoms with E-state index in [1.165, 1.54) is 11.1 Å². The molecule has 0 spiro atoms. The summed E-state index contributed by atoms with van der Waals surface area (Å²) in [5.74, 6) is 0.848. The van der Waals surface area contributed by atoms with E-state index in [2.05, 4.69) is 34.6 Å². The first-order chi connectivity index (χ1) is 8.31. The molecule has 0 aliphatic heterocycles. The minimum absolute atomic E-state index is 0.673. The molecule has 2 rings (SSSR count). The van der Waals surface area contributed by atoms with Crippen molar-refractivity contribution in [3.05, 3.63) is 35.9 Å². The third-order valence-corrected chi connectivity index (χ3v) is 2.63. The number of aryl methyl sites for hydroxylation is 1. The highest BCUT2D eigenvalue weighted by Crippen LogP contribution is 2.22. The maximum atomic E-state index is 4.97. The number of aromatic nitrogens is 2. The molecule has 0 atom stereocenters. The van der Waals surface area contributed by atoms with Gasteiger partial charge in [-0.2, -0.15) is 5.10 Å². The number of hydrogen-bond acceptors (Lipinski definition) is 3. The zero-order valence-corrected chi connectivity index (χ0v) is 10.2. The predicted molar refractivity (Wildman–Crippen MR) is 69.1 cm³/mol. The zero-order chi connectivity index (χ0) is 12.1. The number of nitrogens with one attached hydrogen (secondary N) is 2. The minimum Gasteiger partial charge on any atom is -0.383 e. The maximum absolute atomic E-state index is 4.97. The van der Waals surface area contributed by atoms with E-state index in [4.69, 9.17) is 4.74 Å². The van der Waals surface area contributed by atoms with Crippen molar-refractivity contribution in [3.63, 3.8) is 0 Å². The molecule has 4 heteroatoms. The Morgan fingerprint density at radius 1 is 1.35 bits per heavy atom. The second-order valence-electron chi connectivity index (χ2n) is 3.90. The summed E-state index contributed by atoms with van der Waals surface area (Å²) < 4.78 is 4.97.